The molecule has 0 aliphatic rings. The zero-order valence-electron chi connectivity index (χ0n) is 19.0. The first kappa shape index (κ1) is 22.8. The van der Waals surface area contributed by atoms with Crippen molar-refractivity contribution in [2.24, 2.45) is 0 Å². The standard InChI is InChI=1S/C27H27N5O2/c1-31(25(33)17-18-28-27(34)29-23-13-7-3-8-14-23)19-22-20-32(24-15-9-4-10-16-24)30-26(22)21-11-5-2-6-12-21/h2-16,20H,17-19H2,1H3,(H2,28,29,34). The van der Waals surface area contributed by atoms with Crippen molar-refractivity contribution < 1.29 is 9.59 Å². The Labute approximate surface area is 199 Å². The van der Waals surface area contributed by atoms with E-state index in [2.05, 4.69) is 10.6 Å². The van der Waals surface area contributed by atoms with Gasteiger partial charge in [0, 0.05) is 49.6 Å². The number of benzene rings is 3. The van der Waals surface area contributed by atoms with Gasteiger partial charge < -0.3 is 15.5 Å². The first-order chi connectivity index (χ1) is 16.6. The number of urea groups is 1. The highest BCUT2D eigenvalue weighted by Crippen LogP contribution is 2.24. The molecule has 0 spiro atoms. The average molecular weight is 454 g/mol. The summed E-state index contributed by atoms with van der Waals surface area (Å²) in [6.45, 7) is 0.656. The van der Waals surface area contributed by atoms with Crippen LogP contribution in [0.3, 0.4) is 0 Å². The quantitative estimate of drug-likeness (QED) is 0.406. The fourth-order valence-electron chi connectivity index (χ4n) is 3.59. The topological polar surface area (TPSA) is 79.3 Å². The third-order valence-electron chi connectivity index (χ3n) is 5.35. The Hall–Kier alpha value is -4.39. The summed E-state index contributed by atoms with van der Waals surface area (Å²) < 4.78 is 1.84. The molecule has 3 aromatic carbocycles. The Morgan fingerprint density at radius 2 is 1.50 bits per heavy atom. The van der Waals surface area contributed by atoms with Crippen LogP contribution in [0.2, 0.25) is 0 Å². The first-order valence-electron chi connectivity index (χ1n) is 11.1. The van der Waals surface area contributed by atoms with Crippen LogP contribution in [-0.2, 0) is 11.3 Å². The van der Waals surface area contributed by atoms with E-state index in [1.807, 2.05) is 89.7 Å². The summed E-state index contributed by atoms with van der Waals surface area (Å²) in [5, 5.41) is 10.3. The highest BCUT2D eigenvalue weighted by Gasteiger charge is 2.17. The number of aromatic nitrogens is 2. The predicted molar refractivity (Wildman–Crippen MR) is 134 cm³/mol. The van der Waals surface area contributed by atoms with Crippen LogP contribution in [0.1, 0.15) is 12.0 Å². The molecular weight excluding hydrogens is 426 g/mol. The van der Waals surface area contributed by atoms with Gasteiger partial charge in [-0.05, 0) is 24.3 Å². The van der Waals surface area contributed by atoms with Crippen LogP contribution in [-0.4, -0.2) is 40.2 Å². The lowest BCUT2D eigenvalue weighted by Crippen LogP contribution is -2.34. The molecule has 172 valence electrons. The van der Waals surface area contributed by atoms with Crippen molar-refractivity contribution in [3.63, 3.8) is 0 Å². The number of amides is 3. The molecule has 0 atom stereocenters. The summed E-state index contributed by atoms with van der Waals surface area (Å²) in [5.41, 5.74) is 4.43. The zero-order valence-corrected chi connectivity index (χ0v) is 19.0. The van der Waals surface area contributed by atoms with Crippen molar-refractivity contribution in [1.29, 1.82) is 0 Å². The molecule has 4 rings (SSSR count). The minimum Gasteiger partial charge on any atom is -0.341 e. The smallest absolute Gasteiger partial charge is 0.319 e. The van der Waals surface area contributed by atoms with Crippen molar-refractivity contribution in [3.8, 4) is 16.9 Å². The molecule has 2 N–H and O–H groups in total. The molecule has 3 amide bonds. The van der Waals surface area contributed by atoms with Crippen LogP contribution in [0, 0.1) is 0 Å². The van der Waals surface area contributed by atoms with E-state index in [-0.39, 0.29) is 24.9 Å². The van der Waals surface area contributed by atoms with Gasteiger partial charge in [0.15, 0.2) is 0 Å². The monoisotopic (exact) mass is 453 g/mol. The molecule has 0 bridgehead atoms. The minimum absolute atomic E-state index is 0.0634. The van der Waals surface area contributed by atoms with Crippen LogP contribution in [0.15, 0.2) is 97.2 Å². The Morgan fingerprint density at radius 1 is 0.882 bits per heavy atom. The number of nitrogens with zero attached hydrogens (tertiary/aromatic N) is 3. The van der Waals surface area contributed by atoms with Crippen molar-refractivity contribution in [2.45, 2.75) is 13.0 Å². The Bertz CT molecular complexity index is 1220. The average Bonchev–Trinajstić information content (AvgIpc) is 3.29. The molecule has 7 heteroatoms. The number of hydrogen-bond donors (Lipinski definition) is 2. The maximum absolute atomic E-state index is 12.7. The number of nitrogens with one attached hydrogen (secondary N) is 2. The van der Waals surface area contributed by atoms with Crippen molar-refractivity contribution in [1.82, 2.24) is 20.0 Å². The highest BCUT2D eigenvalue weighted by atomic mass is 16.2. The van der Waals surface area contributed by atoms with E-state index in [4.69, 9.17) is 5.10 Å². The SMILES string of the molecule is CN(Cc1cn(-c2ccccc2)nc1-c1ccccc1)C(=O)CCNC(=O)Nc1ccccc1. The van der Waals surface area contributed by atoms with Crippen molar-refractivity contribution >= 4 is 17.6 Å². The van der Waals surface area contributed by atoms with E-state index in [0.717, 1.165) is 22.5 Å². The first-order valence-corrected chi connectivity index (χ1v) is 11.1. The number of para-hydroxylation sites is 2. The molecule has 0 aliphatic heterocycles. The second-order valence-electron chi connectivity index (χ2n) is 7.90. The maximum atomic E-state index is 12.7. The van der Waals surface area contributed by atoms with Crippen LogP contribution in [0.5, 0.6) is 0 Å². The van der Waals surface area contributed by atoms with Gasteiger partial charge in [0.25, 0.3) is 0 Å². The van der Waals surface area contributed by atoms with Gasteiger partial charge in [0.1, 0.15) is 0 Å². The molecule has 0 aliphatic carbocycles. The lowest BCUT2D eigenvalue weighted by atomic mass is 10.1. The number of rotatable bonds is 8. The van der Waals surface area contributed by atoms with Crippen molar-refractivity contribution in [2.75, 3.05) is 18.9 Å². The highest BCUT2D eigenvalue weighted by molar-refractivity contribution is 5.89. The molecular formula is C27H27N5O2. The molecule has 0 radical (unpaired) electrons. The number of hydrogen-bond acceptors (Lipinski definition) is 3. The lowest BCUT2D eigenvalue weighted by Gasteiger charge is -2.17. The normalized spacial score (nSPS) is 10.5. The number of carbonyl (C=O) groups excluding carboxylic acids is 2. The van der Waals surface area contributed by atoms with Gasteiger partial charge in [-0.25, -0.2) is 9.48 Å². The van der Waals surface area contributed by atoms with Crippen LogP contribution in [0.25, 0.3) is 16.9 Å². The van der Waals surface area contributed by atoms with E-state index in [1.54, 1.807) is 24.1 Å². The van der Waals surface area contributed by atoms with E-state index < -0.39 is 0 Å². The van der Waals surface area contributed by atoms with Gasteiger partial charge in [-0.1, -0.05) is 66.7 Å². The molecule has 0 saturated heterocycles. The van der Waals surface area contributed by atoms with Gasteiger partial charge in [-0.15, -0.1) is 0 Å². The third kappa shape index (κ3) is 5.89. The van der Waals surface area contributed by atoms with E-state index in [9.17, 15) is 9.59 Å². The molecule has 7 nitrogen and oxygen atoms in total. The summed E-state index contributed by atoms with van der Waals surface area (Å²) in [6, 6.07) is 28.7. The summed E-state index contributed by atoms with van der Waals surface area (Å²) >= 11 is 0. The van der Waals surface area contributed by atoms with Crippen molar-refractivity contribution in [3.05, 3.63) is 103 Å². The van der Waals surface area contributed by atoms with Gasteiger partial charge in [0.2, 0.25) is 5.91 Å². The molecule has 34 heavy (non-hydrogen) atoms. The molecule has 1 heterocycles. The Morgan fingerprint density at radius 3 is 2.18 bits per heavy atom. The van der Waals surface area contributed by atoms with E-state index in [1.165, 1.54) is 0 Å². The second kappa shape index (κ2) is 11.0. The fourth-order valence-corrected chi connectivity index (χ4v) is 3.59. The van der Waals surface area contributed by atoms with Crippen LogP contribution >= 0.6 is 0 Å². The van der Waals surface area contributed by atoms with Gasteiger partial charge in [-0.2, -0.15) is 5.10 Å². The molecule has 1 aromatic heterocycles. The summed E-state index contributed by atoms with van der Waals surface area (Å²) in [4.78, 5) is 26.4. The maximum Gasteiger partial charge on any atom is 0.319 e. The molecule has 0 fully saturated rings. The van der Waals surface area contributed by atoms with Gasteiger partial charge in [0.05, 0.1) is 11.4 Å². The summed E-state index contributed by atoms with van der Waals surface area (Å²) in [7, 11) is 1.76. The Balaban J connectivity index is 1.39. The predicted octanol–water partition coefficient (Wildman–Crippen LogP) is 4.71. The minimum atomic E-state index is -0.336. The Kier molecular flexibility index (Phi) is 7.35. The largest absolute Gasteiger partial charge is 0.341 e. The van der Waals surface area contributed by atoms with Gasteiger partial charge >= 0.3 is 6.03 Å². The van der Waals surface area contributed by atoms with E-state index >= 15 is 0 Å². The van der Waals surface area contributed by atoms with Crippen LogP contribution < -0.4 is 10.6 Å². The lowest BCUT2D eigenvalue weighted by molar-refractivity contribution is -0.130. The van der Waals surface area contributed by atoms with Gasteiger partial charge in [-0.3, -0.25) is 4.79 Å². The van der Waals surface area contributed by atoms with Crippen LogP contribution in [0.4, 0.5) is 10.5 Å². The third-order valence-corrected chi connectivity index (χ3v) is 5.35. The molecule has 0 unspecified atom stereocenters. The zero-order chi connectivity index (χ0) is 23.8. The number of anilines is 1. The molecule has 4 aromatic rings. The van der Waals surface area contributed by atoms with E-state index in [0.29, 0.717) is 12.2 Å². The summed E-state index contributed by atoms with van der Waals surface area (Å²) in [5.74, 6) is -0.0634. The second-order valence-corrected chi connectivity index (χ2v) is 7.90. The number of carbonyl (C=O) groups is 2. The summed E-state index contributed by atoms with van der Waals surface area (Å²) in [6.07, 6.45) is 2.17. The molecule has 0 saturated carbocycles. The fraction of sp³-hybridized carbons (Fsp3) is 0.148.